The number of rotatable bonds is 3. The number of hydrogen-bond donors (Lipinski definition) is 0. The molecule has 3 nitrogen and oxygen atoms in total. The predicted octanol–water partition coefficient (Wildman–Crippen LogP) is 2.72. The van der Waals surface area contributed by atoms with E-state index in [2.05, 4.69) is 12.1 Å². The first kappa shape index (κ1) is 13.5. The molecule has 0 spiro atoms. The molecule has 0 aromatic heterocycles. The minimum absolute atomic E-state index is 0.115. The first-order valence-corrected chi connectivity index (χ1v) is 6.97. The number of carbonyl (C=O) groups excluding carboxylic acids is 1. The van der Waals surface area contributed by atoms with Crippen molar-refractivity contribution in [1.29, 1.82) is 0 Å². The van der Waals surface area contributed by atoms with Gasteiger partial charge in [-0.15, -0.1) is 0 Å². The maximum absolute atomic E-state index is 12.8. The van der Waals surface area contributed by atoms with Gasteiger partial charge in [0.15, 0.2) is 11.4 Å². The molecule has 0 aliphatic heterocycles. The summed E-state index contributed by atoms with van der Waals surface area (Å²) in [6, 6.07) is 10.2. The Bertz CT molecular complexity index is 551. The molecule has 106 valence electrons. The Morgan fingerprint density at radius 2 is 1.85 bits per heavy atom. The van der Waals surface area contributed by atoms with E-state index >= 15 is 0 Å². The minimum atomic E-state index is -0.896. The summed E-state index contributed by atoms with van der Waals surface area (Å²) >= 11 is 0. The van der Waals surface area contributed by atoms with Crippen LogP contribution in [0.3, 0.4) is 0 Å². The standard InChI is InChI=1S/C17H20O3/c1-16(19-2)15(18)13-9-10-17(16,20-3)11-14(13)12-7-5-4-6-8-12/h4-10,13-14H,11H2,1-3H3/t13-,14+,16+,17-/m0/s1. The smallest absolute Gasteiger partial charge is 0.175 e. The van der Waals surface area contributed by atoms with Crippen LogP contribution in [0.15, 0.2) is 42.5 Å². The molecule has 0 saturated heterocycles. The lowest BCUT2D eigenvalue weighted by Crippen LogP contribution is -2.67. The molecule has 20 heavy (non-hydrogen) atoms. The van der Waals surface area contributed by atoms with Gasteiger partial charge in [-0.2, -0.15) is 0 Å². The van der Waals surface area contributed by atoms with Crippen molar-refractivity contribution in [3.05, 3.63) is 48.0 Å². The van der Waals surface area contributed by atoms with Crippen molar-refractivity contribution in [2.24, 2.45) is 5.92 Å². The fraction of sp³-hybridized carbons (Fsp3) is 0.471. The van der Waals surface area contributed by atoms with E-state index in [9.17, 15) is 4.79 Å². The molecular formula is C17H20O3. The van der Waals surface area contributed by atoms with Gasteiger partial charge in [-0.1, -0.05) is 42.5 Å². The molecular weight excluding hydrogens is 252 g/mol. The van der Waals surface area contributed by atoms with E-state index in [1.165, 1.54) is 5.56 Å². The number of allylic oxidation sites excluding steroid dienone is 1. The summed E-state index contributed by atoms with van der Waals surface area (Å²) in [5, 5.41) is 0. The molecule has 1 aromatic carbocycles. The van der Waals surface area contributed by atoms with E-state index in [1.54, 1.807) is 14.2 Å². The van der Waals surface area contributed by atoms with Gasteiger partial charge in [0.05, 0.1) is 0 Å². The summed E-state index contributed by atoms with van der Waals surface area (Å²) in [5.74, 6) is 0.153. The van der Waals surface area contributed by atoms with Crippen molar-refractivity contribution in [1.82, 2.24) is 0 Å². The van der Waals surface area contributed by atoms with Crippen molar-refractivity contribution in [2.45, 2.75) is 30.5 Å². The fourth-order valence-electron chi connectivity index (χ4n) is 3.71. The molecule has 0 radical (unpaired) electrons. The third-order valence-electron chi connectivity index (χ3n) is 5.11. The zero-order chi connectivity index (χ0) is 14.4. The molecule has 4 atom stereocenters. The van der Waals surface area contributed by atoms with Crippen LogP contribution >= 0.6 is 0 Å². The highest BCUT2D eigenvalue weighted by molar-refractivity contribution is 5.95. The van der Waals surface area contributed by atoms with E-state index < -0.39 is 11.2 Å². The van der Waals surface area contributed by atoms with E-state index in [-0.39, 0.29) is 17.6 Å². The van der Waals surface area contributed by atoms with Crippen LogP contribution in [0.2, 0.25) is 0 Å². The number of methoxy groups -OCH3 is 2. The fourth-order valence-corrected chi connectivity index (χ4v) is 3.71. The third-order valence-corrected chi connectivity index (χ3v) is 5.11. The number of Topliss-reactive ketones (excluding diaryl/α,β-unsaturated/α-hetero) is 1. The highest BCUT2D eigenvalue weighted by Crippen LogP contribution is 2.53. The molecule has 3 aliphatic rings. The van der Waals surface area contributed by atoms with Crippen molar-refractivity contribution in [3.8, 4) is 0 Å². The highest BCUT2D eigenvalue weighted by atomic mass is 16.6. The molecule has 1 fully saturated rings. The monoisotopic (exact) mass is 272 g/mol. The van der Waals surface area contributed by atoms with Gasteiger partial charge in [-0.05, 0) is 18.9 Å². The van der Waals surface area contributed by atoms with Crippen molar-refractivity contribution < 1.29 is 14.3 Å². The Kier molecular flexibility index (Phi) is 3.07. The lowest BCUT2D eigenvalue weighted by Gasteiger charge is -2.54. The summed E-state index contributed by atoms with van der Waals surface area (Å²) in [7, 11) is 3.24. The van der Waals surface area contributed by atoms with Gasteiger partial charge in [-0.25, -0.2) is 0 Å². The summed E-state index contributed by atoms with van der Waals surface area (Å²) < 4.78 is 11.3. The number of benzene rings is 1. The molecule has 4 rings (SSSR count). The number of hydrogen-bond acceptors (Lipinski definition) is 3. The van der Waals surface area contributed by atoms with Crippen LogP contribution in [0.25, 0.3) is 0 Å². The number of ether oxygens (including phenoxy) is 2. The van der Waals surface area contributed by atoms with Gasteiger partial charge in [-0.3, -0.25) is 4.79 Å². The van der Waals surface area contributed by atoms with Crippen LogP contribution in [-0.4, -0.2) is 31.2 Å². The molecule has 3 heteroatoms. The van der Waals surface area contributed by atoms with Crippen LogP contribution in [0.4, 0.5) is 0 Å². The van der Waals surface area contributed by atoms with Gasteiger partial charge < -0.3 is 9.47 Å². The van der Waals surface area contributed by atoms with Gasteiger partial charge in [0.2, 0.25) is 0 Å². The Morgan fingerprint density at radius 1 is 1.15 bits per heavy atom. The second-order valence-electron chi connectivity index (χ2n) is 5.80. The van der Waals surface area contributed by atoms with E-state index in [4.69, 9.17) is 9.47 Å². The maximum atomic E-state index is 12.8. The van der Waals surface area contributed by atoms with Crippen LogP contribution < -0.4 is 0 Å². The topological polar surface area (TPSA) is 35.5 Å². The van der Waals surface area contributed by atoms with E-state index in [0.717, 1.165) is 6.42 Å². The summed E-state index contributed by atoms with van der Waals surface area (Å²) in [6.45, 7) is 1.84. The van der Waals surface area contributed by atoms with Crippen molar-refractivity contribution in [2.75, 3.05) is 14.2 Å². The second kappa shape index (κ2) is 4.54. The van der Waals surface area contributed by atoms with E-state index in [1.807, 2.05) is 37.3 Å². The Balaban J connectivity index is 2.08. The first-order valence-electron chi connectivity index (χ1n) is 6.97. The summed E-state index contributed by atoms with van der Waals surface area (Å²) in [4.78, 5) is 12.8. The Labute approximate surface area is 119 Å². The lowest BCUT2D eigenvalue weighted by molar-refractivity contribution is -0.193. The normalized spacial score (nSPS) is 39.2. The third kappa shape index (κ3) is 1.57. The molecule has 0 heterocycles. The zero-order valence-electron chi connectivity index (χ0n) is 12.1. The van der Waals surface area contributed by atoms with Gasteiger partial charge in [0.25, 0.3) is 0 Å². The molecule has 3 aliphatic carbocycles. The number of carbonyl (C=O) groups is 1. The molecule has 0 N–H and O–H groups in total. The van der Waals surface area contributed by atoms with Crippen LogP contribution in [0.1, 0.15) is 24.8 Å². The number of fused-ring (bicyclic) bond motifs is 2. The Hall–Kier alpha value is -1.45. The molecule has 0 unspecified atom stereocenters. The molecule has 1 saturated carbocycles. The summed E-state index contributed by atoms with van der Waals surface area (Å²) in [6.07, 6.45) is 4.78. The Morgan fingerprint density at radius 3 is 2.45 bits per heavy atom. The number of ketones is 1. The highest BCUT2D eigenvalue weighted by Gasteiger charge is 2.63. The van der Waals surface area contributed by atoms with Crippen molar-refractivity contribution in [3.63, 3.8) is 0 Å². The minimum Gasteiger partial charge on any atom is -0.371 e. The van der Waals surface area contributed by atoms with Gasteiger partial charge in [0.1, 0.15) is 5.60 Å². The summed E-state index contributed by atoms with van der Waals surface area (Å²) in [5.41, 5.74) is -0.379. The zero-order valence-corrected chi connectivity index (χ0v) is 12.1. The average Bonchev–Trinajstić information content (AvgIpc) is 2.52. The van der Waals surface area contributed by atoms with Crippen LogP contribution in [0.5, 0.6) is 0 Å². The SMILES string of the molecule is CO[C@]12C=C[C@H](C(=O)[C@@]1(C)OC)[C@@H](c1ccccc1)C2. The molecule has 2 bridgehead atoms. The quantitative estimate of drug-likeness (QED) is 0.794. The van der Waals surface area contributed by atoms with Crippen molar-refractivity contribution >= 4 is 5.78 Å². The van der Waals surface area contributed by atoms with Gasteiger partial charge in [0, 0.05) is 26.1 Å². The first-order chi connectivity index (χ1) is 9.58. The second-order valence-corrected chi connectivity index (χ2v) is 5.80. The van der Waals surface area contributed by atoms with Crippen LogP contribution in [-0.2, 0) is 14.3 Å². The molecule has 1 aromatic rings. The van der Waals surface area contributed by atoms with E-state index in [0.29, 0.717) is 0 Å². The maximum Gasteiger partial charge on any atom is 0.175 e. The molecule has 0 amide bonds. The average molecular weight is 272 g/mol. The predicted molar refractivity (Wildman–Crippen MR) is 76.6 cm³/mol. The largest absolute Gasteiger partial charge is 0.371 e. The van der Waals surface area contributed by atoms with Gasteiger partial charge >= 0.3 is 0 Å². The van der Waals surface area contributed by atoms with Crippen LogP contribution in [0, 0.1) is 5.92 Å². The lowest BCUT2D eigenvalue weighted by atomic mass is 9.57.